The fraction of sp³-hybridized carbons (Fsp3) is 0.414. The van der Waals surface area contributed by atoms with E-state index in [-0.39, 0.29) is 6.10 Å². The van der Waals surface area contributed by atoms with Gasteiger partial charge in [0.1, 0.15) is 11.6 Å². The zero-order valence-corrected chi connectivity index (χ0v) is 23.6. The van der Waals surface area contributed by atoms with Gasteiger partial charge in [-0.3, -0.25) is 5.10 Å². The number of thioether (sulfide) groups is 1. The van der Waals surface area contributed by atoms with E-state index in [9.17, 15) is 0 Å². The highest BCUT2D eigenvalue weighted by Gasteiger charge is 2.21. The number of nitrogens with zero attached hydrogens (tertiary/aromatic N) is 3. The highest BCUT2D eigenvalue weighted by atomic mass is 32.2. The van der Waals surface area contributed by atoms with Crippen LogP contribution in [0.3, 0.4) is 0 Å². The van der Waals surface area contributed by atoms with Crippen LogP contribution in [0.4, 0.5) is 23.1 Å². The van der Waals surface area contributed by atoms with E-state index in [0.717, 1.165) is 48.4 Å². The van der Waals surface area contributed by atoms with Gasteiger partial charge in [0.05, 0.1) is 29.1 Å². The summed E-state index contributed by atoms with van der Waals surface area (Å²) in [6.45, 7) is 12.8. The first kappa shape index (κ1) is 26.3. The first-order valence-electron chi connectivity index (χ1n) is 13.4. The maximum absolute atomic E-state index is 6.28. The van der Waals surface area contributed by atoms with Gasteiger partial charge in [-0.05, 0) is 88.0 Å². The second-order valence-corrected chi connectivity index (χ2v) is 12.0. The maximum atomic E-state index is 6.28. The molecule has 0 unspecified atom stereocenters. The van der Waals surface area contributed by atoms with E-state index in [0.29, 0.717) is 28.6 Å². The minimum absolute atomic E-state index is 0.0438. The lowest BCUT2D eigenvalue weighted by atomic mass is 9.87. The Labute approximate surface area is 228 Å². The predicted octanol–water partition coefficient (Wildman–Crippen LogP) is 6.90. The number of hydrogen-bond acceptors (Lipinski definition) is 8. The van der Waals surface area contributed by atoms with Gasteiger partial charge < -0.3 is 20.7 Å². The molecule has 0 aliphatic carbocycles. The number of anilines is 4. The normalized spacial score (nSPS) is 14.4. The maximum Gasteiger partial charge on any atom is 0.231 e. The van der Waals surface area contributed by atoms with Crippen LogP contribution in [0.1, 0.15) is 57.6 Å². The van der Waals surface area contributed by atoms with Crippen LogP contribution in [-0.4, -0.2) is 44.6 Å². The molecule has 0 amide bonds. The molecule has 1 aliphatic heterocycles. The Morgan fingerprint density at radius 3 is 2.55 bits per heavy atom. The molecule has 1 aliphatic rings. The number of ether oxygens (including phenoxy) is 1. The molecule has 38 heavy (non-hydrogen) atoms. The van der Waals surface area contributed by atoms with Crippen molar-refractivity contribution in [2.75, 3.05) is 23.7 Å². The number of rotatable bonds is 9. The standard InChI is InChI=1S/C29H37N7OS/c1-17(2)37-25-15-21(20-10-12-30-13-11-20)19(5)14-24(25)33-29-34-27(22-16-31-36-28(22)35-29)32-23-8-6-7-9-26(23)38-18(3)4/h6-9,14-18,20,30H,10-13H2,1-5H3,(H3,31,32,33,34,35,36). The van der Waals surface area contributed by atoms with E-state index in [4.69, 9.17) is 14.7 Å². The van der Waals surface area contributed by atoms with E-state index >= 15 is 0 Å². The van der Waals surface area contributed by atoms with Gasteiger partial charge in [0, 0.05) is 10.1 Å². The third-order valence-corrected chi connectivity index (χ3v) is 7.65. The first-order valence-corrected chi connectivity index (χ1v) is 14.3. The fourth-order valence-corrected chi connectivity index (χ4v) is 5.80. The second kappa shape index (κ2) is 11.6. The van der Waals surface area contributed by atoms with Crippen LogP contribution in [0, 0.1) is 6.92 Å². The number of aromatic amines is 1. The second-order valence-electron chi connectivity index (χ2n) is 10.3. The Bertz CT molecular complexity index is 1400. The van der Waals surface area contributed by atoms with Crippen molar-refractivity contribution in [2.45, 2.75) is 69.6 Å². The molecule has 5 rings (SSSR count). The molecule has 8 nitrogen and oxygen atoms in total. The number of nitrogens with one attached hydrogen (secondary N) is 4. The van der Waals surface area contributed by atoms with Crippen LogP contribution < -0.4 is 20.7 Å². The molecule has 4 aromatic rings. The third kappa shape index (κ3) is 6.05. The first-order chi connectivity index (χ1) is 18.4. The van der Waals surface area contributed by atoms with Gasteiger partial charge in [0.25, 0.3) is 0 Å². The average molecular weight is 532 g/mol. The molecule has 0 radical (unpaired) electrons. The summed E-state index contributed by atoms with van der Waals surface area (Å²) in [5.41, 5.74) is 5.13. The number of piperidine rings is 1. The van der Waals surface area contributed by atoms with Gasteiger partial charge in [-0.2, -0.15) is 15.1 Å². The summed E-state index contributed by atoms with van der Waals surface area (Å²) in [5, 5.41) is 19.0. The molecule has 0 atom stereocenters. The van der Waals surface area contributed by atoms with Crippen molar-refractivity contribution < 1.29 is 4.74 Å². The number of H-pyrrole nitrogens is 1. The quantitative estimate of drug-likeness (QED) is 0.173. The molecule has 9 heteroatoms. The minimum atomic E-state index is 0.0438. The minimum Gasteiger partial charge on any atom is -0.489 e. The van der Waals surface area contributed by atoms with Crippen LogP contribution in [0.5, 0.6) is 5.75 Å². The van der Waals surface area contributed by atoms with Crippen LogP contribution in [-0.2, 0) is 0 Å². The van der Waals surface area contributed by atoms with Gasteiger partial charge in [0.2, 0.25) is 5.95 Å². The lowest BCUT2D eigenvalue weighted by molar-refractivity contribution is 0.243. The predicted molar refractivity (Wildman–Crippen MR) is 157 cm³/mol. The molecule has 1 fully saturated rings. The smallest absolute Gasteiger partial charge is 0.231 e. The Hall–Kier alpha value is -3.30. The van der Waals surface area contributed by atoms with Crippen molar-refractivity contribution in [3.05, 3.63) is 53.7 Å². The van der Waals surface area contributed by atoms with Gasteiger partial charge in [0.15, 0.2) is 5.65 Å². The Morgan fingerprint density at radius 1 is 1.00 bits per heavy atom. The van der Waals surface area contributed by atoms with Crippen LogP contribution in [0.2, 0.25) is 0 Å². The lowest BCUT2D eigenvalue weighted by Crippen LogP contribution is -2.27. The van der Waals surface area contributed by atoms with E-state index in [1.807, 2.05) is 17.8 Å². The third-order valence-electron chi connectivity index (χ3n) is 6.57. The molecule has 1 saturated heterocycles. The molecule has 0 spiro atoms. The van der Waals surface area contributed by atoms with Gasteiger partial charge in [-0.1, -0.05) is 26.0 Å². The zero-order chi connectivity index (χ0) is 26.6. The van der Waals surface area contributed by atoms with Crippen molar-refractivity contribution in [2.24, 2.45) is 0 Å². The van der Waals surface area contributed by atoms with Crippen LogP contribution in [0.15, 0.2) is 47.5 Å². The molecular weight excluding hydrogens is 494 g/mol. The Morgan fingerprint density at radius 2 is 1.79 bits per heavy atom. The number of para-hydroxylation sites is 1. The summed E-state index contributed by atoms with van der Waals surface area (Å²) in [4.78, 5) is 10.8. The van der Waals surface area contributed by atoms with Crippen molar-refractivity contribution in [3.63, 3.8) is 0 Å². The largest absolute Gasteiger partial charge is 0.489 e. The number of benzene rings is 2. The zero-order valence-electron chi connectivity index (χ0n) is 22.8. The van der Waals surface area contributed by atoms with Crippen molar-refractivity contribution in [1.29, 1.82) is 0 Å². The van der Waals surface area contributed by atoms with E-state index in [2.05, 4.69) is 91.1 Å². The van der Waals surface area contributed by atoms with E-state index in [1.54, 1.807) is 6.20 Å². The molecule has 2 aromatic carbocycles. The fourth-order valence-electron chi connectivity index (χ4n) is 4.89. The van der Waals surface area contributed by atoms with E-state index in [1.165, 1.54) is 16.0 Å². The monoisotopic (exact) mass is 531 g/mol. The SMILES string of the molecule is Cc1cc(Nc2nc(Nc3ccccc3SC(C)C)c3cn[nH]c3n2)c(OC(C)C)cc1C1CCNCC1. The Kier molecular flexibility index (Phi) is 8.04. The van der Waals surface area contributed by atoms with Gasteiger partial charge in [-0.15, -0.1) is 11.8 Å². The summed E-state index contributed by atoms with van der Waals surface area (Å²) < 4.78 is 6.28. The van der Waals surface area contributed by atoms with Crippen molar-refractivity contribution in [3.8, 4) is 5.75 Å². The molecule has 2 aromatic heterocycles. The average Bonchev–Trinajstić information content (AvgIpc) is 3.36. The van der Waals surface area contributed by atoms with Crippen LogP contribution >= 0.6 is 11.8 Å². The molecule has 0 bridgehead atoms. The number of fused-ring (bicyclic) bond motifs is 1. The summed E-state index contributed by atoms with van der Waals surface area (Å²) in [6, 6.07) is 12.7. The molecular formula is C29H37N7OS. The summed E-state index contributed by atoms with van der Waals surface area (Å²) in [7, 11) is 0. The number of aromatic nitrogens is 4. The van der Waals surface area contributed by atoms with E-state index < -0.39 is 0 Å². The molecule has 3 heterocycles. The Balaban J connectivity index is 1.50. The summed E-state index contributed by atoms with van der Waals surface area (Å²) in [5.74, 6) is 2.52. The van der Waals surface area contributed by atoms with Gasteiger partial charge >= 0.3 is 0 Å². The molecule has 0 saturated carbocycles. The van der Waals surface area contributed by atoms with Crippen LogP contribution in [0.25, 0.3) is 11.0 Å². The van der Waals surface area contributed by atoms with Gasteiger partial charge in [-0.25, -0.2) is 0 Å². The summed E-state index contributed by atoms with van der Waals surface area (Å²) in [6.07, 6.45) is 4.08. The van der Waals surface area contributed by atoms with Crippen molar-refractivity contribution >= 4 is 45.9 Å². The highest BCUT2D eigenvalue weighted by Crippen LogP contribution is 2.38. The molecule has 4 N–H and O–H groups in total. The topological polar surface area (TPSA) is 99.8 Å². The number of aryl methyl sites for hydroxylation is 1. The molecule has 200 valence electrons. The van der Waals surface area contributed by atoms with Crippen molar-refractivity contribution in [1.82, 2.24) is 25.5 Å². The lowest BCUT2D eigenvalue weighted by Gasteiger charge is -2.26. The number of hydrogen-bond donors (Lipinski definition) is 4. The summed E-state index contributed by atoms with van der Waals surface area (Å²) >= 11 is 1.82. The highest BCUT2D eigenvalue weighted by molar-refractivity contribution is 8.00.